The van der Waals surface area contributed by atoms with Gasteiger partial charge in [-0.2, -0.15) is 5.26 Å². The molecule has 0 saturated heterocycles. The summed E-state index contributed by atoms with van der Waals surface area (Å²) >= 11 is 0. The topological polar surface area (TPSA) is 93.3 Å². The Labute approximate surface area is 186 Å². The van der Waals surface area contributed by atoms with Crippen molar-refractivity contribution in [3.05, 3.63) is 77.1 Å². The minimum absolute atomic E-state index is 0.120. The van der Waals surface area contributed by atoms with Gasteiger partial charge in [-0.3, -0.25) is 4.79 Å². The van der Waals surface area contributed by atoms with Gasteiger partial charge in [0.25, 0.3) is 0 Å². The molecule has 1 aromatic heterocycles. The van der Waals surface area contributed by atoms with Gasteiger partial charge in [0.15, 0.2) is 0 Å². The number of nitriles is 1. The van der Waals surface area contributed by atoms with Gasteiger partial charge in [-0.05, 0) is 80.1 Å². The quantitative estimate of drug-likeness (QED) is 0.268. The number of nitrogens with one attached hydrogen (secondary N) is 1. The summed E-state index contributed by atoms with van der Waals surface area (Å²) < 4.78 is 12.6. The monoisotopic (exact) mass is 429 g/mol. The predicted molar refractivity (Wildman–Crippen MR) is 122 cm³/mol. The third-order valence-corrected chi connectivity index (χ3v) is 4.83. The molecule has 7 nitrogen and oxygen atoms in total. The molecule has 0 saturated carbocycles. The number of benzene rings is 2. The van der Waals surface area contributed by atoms with Crippen LogP contribution in [0.25, 0.3) is 11.8 Å². The normalized spacial score (nSPS) is 10.9. The molecule has 1 heterocycles. The first-order valence-corrected chi connectivity index (χ1v) is 9.87. The highest BCUT2D eigenvalue weighted by molar-refractivity contribution is 5.99. The van der Waals surface area contributed by atoms with Crippen molar-refractivity contribution < 1.29 is 19.1 Å². The van der Waals surface area contributed by atoms with Crippen LogP contribution < -0.4 is 14.8 Å². The Balaban J connectivity index is 1.83. The van der Waals surface area contributed by atoms with E-state index in [2.05, 4.69) is 5.32 Å². The molecule has 0 aliphatic rings. The summed E-state index contributed by atoms with van der Waals surface area (Å²) in [7, 11) is 1.62. The van der Waals surface area contributed by atoms with Crippen molar-refractivity contribution in [1.29, 1.82) is 5.26 Å². The molecule has 0 unspecified atom stereocenters. The summed E-state index contributed by atoms with van der Waals surface area (Å²) in [5, 5.41) is 12.2. The van der Waals surface area contributed by atoms with Crippen LogP contribution in [0, 0.1) is 25.2 Å². The number of hydrogen-bond acceptors (Lipinski definition) is 5. The van der Waals surface area contributed by atoms with Crippen LogP contribution in [0.3, 0.4) is 0 Å². The van der Waals surface area contributed by atoms with Crippen LogP contribution in [-0.4, -0.2) is 23.6 Å². The Kier molecular flexibility index (Phi) is 6.76. The summed E-state index contributed by atoms with van der Waals surface area (Å²) in [5.41, 5.74) is 3.99. The van der Waals surface area contributed by atoms with Gasteiger partial charge in [-0.15, -0.1) is 0 Å². The van der Waals surface area contributed by atoms with E-state index < -0.39 is 5.97 Å². The van der Waals surface area contributed by atoms with E-state index >= 15 is 0 Å². The largest absolute Gasteiger partial charge is 0.497 e. The highest BCUT2D eigenvalue weighted by Gasteiger charge is 2.16. The number of ether oxygens (including phenoxy) is 2. The molecule has 0 aliphatic heterocycles. The smallest absolute Gasteiger partial charge is 0.354 e. The lowest BCUT2D eigenvalue weighted by Crippen LogP contribution is -2.10. The molecule has 32 heavy (non-hydrogen) atoms. The molecule has 0 fully saturated rings. The van der Waals surface area contributed by atoms with Crippen LogP contribution in [0.15, 0.2) is 60.2 Å². The van der Waals surface area contributed by atoms with Crippen molar-refractivity contribution in [3.8, 4) is 23.3 Å². The van der Waals surface area contributed by atoms with E-state index in [1.165, 1.54) is 13.0 Å². The molecule has 0 aliphatic carbocycles. The van der Waals surface area contributed by atoms with E-state index in [0.717, 1.165) is 28.4 Å². The average Bonchev–Trinajstić information content (AvgIpc) is 3.05. The number of aryl methyl sites for hydroxylation is 1. The zero-order valence-electron chi connectivity index (χ0n) is 18.3. The van der Waals surface area contributed by atoms with Crippen LogP contribution in [0.4, 0.5) is 5.69 Å². The number of carbonyl (C=O) groups is 2. The van der Waals surface area contributed by atoms with Crippen LogP contribution >= 0.6 is 0 Å². The summed E-state index contributed by atoms with van der Waals surface area (Å²) in [5.74, 6) is 0.0793. The van der Waals surface area contributed by atoms with Gasteiger partial charge in [0.05, 0.1) is 7.11 Å². The number of aromatic nitrogens is 1. The summed E-state index contributed by atoms with van der Waals surface area (Å²) in [6.45, 7) is 5.28. The Morgan fingerprint density at radius 2 is 1.66 bits per heavy atom. The molecule has 7 heteroatoms. The van der Waals surface area contributed by atoms with Crippen molar-refractivity contribution >= 4 is 23.6 Å². The lowest BCUT2D eigenvalue weighted by atomic mass is 10.1. The summed E-state index contributed by atoms with van der Waals surface area (Å²) in [4.78, 5) is 23.7. The number of amides is 1. The average molecular weight is 429 g/mol. The molecule has 0 spiro atoms. The predicted octanol–water partition coefficient (Wildman–Crippen LogP) is 4.57. The number of esters is 1. The highest BCUT2D eigenvalue weighted by atomic mass is 16.5. The van der Waals surface area contributed by atoms with E-state index in [-0.39, 0.29) is 17.2 Å². The van der Waals surface area contributed by atoms with E-state index in [0.29, 0.717) is 5.69 Å². The maximum atomic E-state index is 12.6. The Hall–Kier alpha value is -4.31. The number of hydrogen-bond donors (Lipinski definition) is 1. The van der Waals surface area contributed by atoms with Crippen LogP contribution in [-0.2, 0) is 9.59 Å². The zero-order valence-corrected chi connectivity index (χ0v) is 18.3. The first kappa shape index (κ1) is 22.4. The fourth-order valence-corrected chi connectivity index (χ4v) is 3.33. The SMILES string of the molecule is COc1ccc(-n2c(C)cc(C=C(C#N)C(=O)Oc3ccc(NC(C)=O)cc3)c2C)cc1. The van der Waals surface area contributed by atoms with Gasteiger partial charge in [-0.25, -0.2) is 4.79 Å². The minimum Gasteiger partial charge on any atom is -0.497 e. The standard InChI is InChI=1S/C25H23N3O4/c1-16-13-19(17(2)28(16)22-7-11-23(31-4)12-8-22)14-20(15-26)25(30)32-24-9-5-21(6-10-24)27-18(3)29/h5-14H,1-4H3,(H,27,29). The minimum atomic E-state index is -0.756. The van der Waals surface area contributed by atoms with Gasteiger partial charge in [0.2, 0.25) is 5.91 Å². The number of nitrogens with zero attached hydrogens (tertiary/aromatic N) is 2. The van der Waals surface area contributed by atoms with Crippen LogP contribution in [0.2, 0.25) is 0 Å². The molecule has 0 radical (unpaired) electrons. The van der Waals surface area contributed by atoms with Gasteiger partial charge < -0.3 is 19.4 Å². The number of carbonyl (C=O) groups excluding carboxylic acids is 2. The molecule has 0 bridgehead atoms. The lowest BCUT2D eigenvalue weighted by Gasteiger charge is -2.10. The molecule has 3 rings (SSSR count). The lowest BCUT2D eigenvalue weighted by molar-refractivity contribution is -0.129. The first-order chi connectivity index (χ1) is 15.3. The Morgan fingerprint density at radius 1 is 1.03 bits per heavy atom. The fraction of sp³-hybridized carbons (Fsp3) is 0.160. The molecular formula is C25H23N3O4. The Morgan fingerprint density at radius 3 is 2.22 bits per heavy atom. The zero-order chi connectivity index (χ0) is 23.3. The molecule has 1 amide bonds. The van der Waals surface area contributed by atoms with E-state index in [1.807, 2.05) is 54.8 Å². The second kappa shape index (κ2) is 9.67. The molecular weight excluding hydrogens is 406 g/mol. The van der Waals surface area contributed by atoms with Gasteiger partial charge in [0.1, 0.15) is 23.1 Å². The van der Waals surface area contributed by atoms with Crippen LogP contribution in [0.1, 0.15) is 23.9 Å². The molecule has 1 N–H and O–H groups in total. The van der Waals surface area contributed by atoms with Gasteiger partial charge in [0, 0.05) is 29.7 Å². The van der Waals surface area contributed by atoms with Crippen molar-refractivity contribution in [2.24, 2.45) is 0 Å². The van der Waals surface area contributed by atoms with Gasteiger partial charge in [-0.1, -0.05) is 0 Å². The van der Waals surface area contributed by atoms with E-state index in [1.54, 1.807) is 31.4 Å². The van der Waals surface area contributed by atoms with E-state index in [9.17, 15) is 14.9 Å². The second-order valence-electron chi connectivity index (χ2n) is 7.12. The molecule has 3 aromatic rings. The Bertz CT molecular complexity index is 1210. The van der Waals surface area contributed by atoms with Crippen LogP contribution in [0.5, 0.6) is 11.5 Å². The maximum absolute atomic E-state index is 12.6. The molecule has 0 atom stereocenters. The van der Waals surface area contributed by atoms with Crippen molar-refractivity contribution in [1.82, 2.24) is 4.57 Å². The maximum Gasteiger partial charge on any atom is 0.354 e. The van der Waals surface area contributed by atoms with E-state index in [4.69, 9.17) is 9.47 Å². The second-order valence-corrected chi connectivity index (χ2v) is 7.12. The fourth-order valence-electron chi connectivity index (χ4n) is 3.33. The molecule has 162 valence electrons. The van der Waals surface area contributed by atoms with Gasteiger partial charge >= 0.3 is 5.97 Å². The number of anilines is 1. The number of rotatable bonds is 6. The third kappa shape index (κ3) is 5.05. The van der Waals surface area contributed by atoms with Crippen molar-refractivity contribution in [2.75, 3.05) is 12.4 Å². The van der Waals surface area contributed by atoms with Crippen molar-refractivity contribution in [3.63, 3.8) is 0 Å². The first-order valence-electron chi connectivity index (χ1n) is 9.87. The highest BCUT2D eigenvalue weighted by Crippen LogP contribution is 2.25. The summed E-state index contributed by atoms with van der Waals surface area (Å²) in [6.07, 6.45) is 1.52. The molecule has 2 aromatic carbocycles. The number of methoxy groups -OCH3 is 1. The third-order valence-electron chi connectivity index (χ3n) is 4.83. The van der Waals surface area contributed by atoms with Crippen molar-refractivity contribution in [2.45, 2.75) is 20.8 Å². The summed E-state index contributed by atoms with van der Waals surface area (Å²) in [6, 6.07) is 17.8.